The molecule has 0 saturated carbocycles. The zero-order chi connectivity index (χ0) is 6.24. The molecule has 0 amide bonds. The standard InChI is InChI=1S/C6H5.HN2.U/c1-2-4-6-5-3-1;1-2;/h1-5H;1H;/q2*-1;. The van der Waals surface area contributed by atoms with Gasteiger partial charge in [-0.1, -0.05) is 0 Å². The van der Waals surface area contributed by atoms with Crippen molar-refractivity contribution in [3.63, 3.8) is 0 Å². The topological polar surface area (TPSA) is 46.2 Å². The molecule has 0 heterocycles. The van der Waals surface area contributed by atoms with Crippen LogP contribution in [0.2, 0.25) is 0 Å². The van der Waals surface area contributed by atoms with Crippen LogP contribution >= 0.6 is 0 Å². The molecule has 0 aliphatic rings. The van der Waals surface area contributed by atoms with Crippen molar-refractivity contribution in [2.24, 2.45) is 0 Å². The maximum atomic E-state index is 6.25. The van der Waals surface area contributed by atoms with Gasteiger partial charge in [-0.25, -0.2) is 0 Å². The minimum atomic E-state index is 0. The molecular formula is C6H6N2U-2. The monoisotopic (exact) mass is 344 g/mol. The molecule has 0 fully saturated rings. The van der Waals surface area contributed by atoms with E-state index in [0.29, 0.717) is 0 Å². The number of hydrogen-bond acceptors (Lipinski definition) is 1. The molecule has 2 nitrogen and oxygen atoms in total. The molecule has 0 unspecified atom stereocenters. The summed E-state index contributed by atoms with van der Waals surface area (Å²) in [6.07, 6.45) is 0. The largest absolute Gasteiger partial charge is 0.715 e. The van der Waals surface area contributed by atoms with E-state index < -0.39 is 0 Å². The first-order chi connectivity index (χ1) is 4.00. The summed E-state index contributed by atoms with van der Waals surface area (Å²) in [6, 6.07) is 12.5. The van der Waals surface area contributed by atoms with Gasteiger partial charge in [-0.2, -0.15) is 36.4 Å². The molecule has 0 bridgehead atoms. The molecule has 1 rings (SSSR count). The Morgan fingerprint density at radius 3 is 1.56 bits per heavy atom. The second-order valence-corrected chi connectivity index (χ2v) is 1.08. The number of rotatable bonds is 0. The molecule has 46 valence electrons. The zero-order valence-corrected chi connectivity index (χ0v) is 9.00. The Kier molecular flexibility index (Phi) is 13.9. The summed E-state index contributed by atoms with van der Waals surface area (Å²) in [5, 5.41) is 0. The van der Waals surface area contributed by atoms with Crippen molar-refractivity contribution in [3.05, 3.63) is 41.9 Å². The molecule has 3 heteroatoms. The van der Waals surface area contributed by atoms with Gasteiger partial charge in [0.15, 0.2) is 0 Å². The molecule has 1 N–H and O–H groups in total. The van der Waals surface area contributed by atoms with Crippen LogP contribution in [0.4, 0.5) is 0 Å². The normalized spacial score (nSPS) is 5.78. The first kappa shape index (κ1) is 11.6. The molecule has 0 radical (unpaired) electrons. The minimum Gasteiger partial charge on any atom is -0.715 e. The number of benzene rings is 1. The quantitative estimate of drug-likeness (QED) is 0.553. The fourth-order valence-electron chi connectivity index (χ4n) is 0.342. The van der Waals surface area contributed by atoms with Crippen molar-refractivity contribution in [1.29, 1.82) is 5.53 Å². The fraction of sp³-hybridized carbons (Fsp3) is 0. The van der Waals surface area contributed by atoms with Crippen LogP contribution in [0, 0.1) is 42.7 Å². The smallest absolute Gasteiger partial charge is 0 e. The average Bonchev–Trinajstić information content (AvgIpc) is 1.96. The van der Waals surface area contributed by atoms with E-state index in [1.807, 2.05) is 30.3 Å². The van der Waals surface area contributed by atoms with E-state index >= 15 is 0 Å². The average molecular weight is 344 g/mol. The van der Waals surface area contributed by atoms with Gasteiger partial charge >= 0.3 is 0 Å². The van der Waals surface area contributed by atoms with Gasteiger partial charge in [0.1, 0.15) is 0 Å². The van der Waals surface area contributed by atoms with Crippen LogP contribution < -0.4 is 0 Å². The molecule has 0 aliphatic carbocycles. The van der Waals surface area contributed by atoms with E-state index in [1.54, 1.807) is 0 Å². The van der Waals surface area contributed by atoms with Crippen LogP contribution in [0.15, 0.2) is 30.3 Å². The Morgan fingerprint density at radius 2 is 1.44 bits per heavy atom. The third kappa shape index (κ3) is 7.87. The van der Waals surface area contributed by atoms with Crippen molar-refractivity contribution in [2.75, 3.05) is 0 Å². The maximum absolute atomic E-state index is 6.25. The second kappa shape index (κ2) is 10.8. The molecule has 1 aromatic carbocycles. The van der Waals surface area contributed by atoms with Crippen molar-refractivity contribution in [2.45, 2.75) is 0 Å². The third-order valence-corrected chi connectivity index (χ3v) is 0.607. The zero-order valence-electron chi connectivity index (χ0n) is 4.83. The molecule has 0 atom stereocenters. The van der Waals surface area contributed by atoms with Crippen LogP contribution in [0.5, 0.6) is 0 Å². The Bertz CT molecular complexity index is 93.9. The first-order valence-corrected chi connectivity index (χ1v) is 2.13. The summed E-state index contributed by atoms with van der Waals surface area (Å²) in [6.45, 7) is 0. The predicted octanol–water partition coefficient (Wildman–Crippen LogP) is 2.07. The Labute approximate surface area is 78.3 Å². The van der Waals surface area contributed by atoms with Crippen LogP contribution in [0.25, 0.3) is 5.53 Å². The van der Waals surface area contributed by atoms with Crippen molar-refractivity contribution >= 4 is 0 Å². The molecular weight excluding hydrogens is 338 g/mol. The predicted molar refractivity (Wildman–Crippen MR) is 31.4 cm³/mol. The summed E-state index contributed by atoms with van der Waals surface area (Å²) in [4.78, 5) is 0. The SMILES string of the molecule is [N-]=N.[U].[c-]1ccccc1. The number of nitrogens with zero attached hydrogens (tertiary/aromatic N) is 1. The van der Waals surface area contributed by atoms with Crippen LogP contribution in [0.1, 0.15) is 0 Å². The van der Waals surface area contributed by atoms with Crippen molar-refractivity contribution in [3.8, 4) is 0 Å². The van der Waals surface area contributed by atoms with Gasteiger partial charge in [0.25, 0.3) is 0 Å². The van der Waals surface area contributed by atoms with Gasteiger partial charge in [0.05, 0.1) is 0 Å². The van der Waals surface area contributed by atoms with Crippen LogP contribution in [-0.4, -0.2) is 0 Å². The van der Waals surface area contributed by atoms with Crippen molar-refractivity contribution in [1.82, 2.24) is 0 Å². The molecule has 9 heavy (non-hydrogen) atoms. The van der Waals surface area contributed by atoms with Gasteiger partial charge in [-0.3, -0.25) is 0 Å². The van der Waals surface area contributed by atoms with Gasteiger partial charge < -0.3 is 11.1 Å². The molecule has 0 saturated heterocycles. The van der Waals surface area contributed by atoms with Crippen molar-refractivity contribution < 1.29 is 31.1 Å². The Balaban J connectivity index is 0. The van der Waals surface area contributed by atoms with E-state index in [1.165, 1.54) is 0 Å². The van der Waals surface area contributed by atoms with Gasteiger partial charge in [0.2, 0.25) is 0 Å². The Morgan fingerprint density at radius 1 is 1.00 bits per heavy atom. The van der Waals surface area contributed by atoms with Crippen LogP contribution in [0.3, 0.4) is 0 Å². The van der Waals surface area contributed by atoms with E-state index in [2.05, 4.69) is 6.07 Å². The molecule has 0 aromatic heterocycles. The summed E-state index contributed by atoms with van der Waals surface area (Å²) >= 11 is 0. The van der Waals surface area contributed by atoms with E-state index in [0.717, 1.165) is 0 Å². The fourth-order valence-corrected chi connectivity index (χ4v) is 0.342. The van der Waals surface area contributed by atoms with Gasteiger partial charge in [-0.05, 0) is 0 Å². The summed E-state index contributed by atoms with van der Waals surface area (Å²) < 4.78 is 0. The van der Waals surface area contributed by atoms with Gasteiger partial charge in [0, 0.05) is 31.1 Å². The summed E-state index contributed by atoms with van der Waals surface area (Å²) in [5.74, 6) is 0. The van der Waals surface area contributed by atoms with E-state index in [9.17, 15) is 0 Å². The molecule has 0 spiro atoms. The van der Waals surface area contributed by atoms with E-state index in [-0.39, 0.29) is 31.1 Å². The van der Waals surface area contributed by atoms with Crippen LogP contribution in [-0.2, 0) is 0 Å². The first-order valence-electron chi connectivity index (χ1n) is 2.13. The molecule has 0 aliphatic heterocycles. The summed E-state index contributed by atoms with van der Waals surface area (Å²) in [5.41, 5.74) is 11.0. The minimum absolute atomic E-state index is 0. The number of hydrogen-bond donors (Lipinski definition) is 1. The maximum Gasteiger partial charge on any atom is 0 e. The summed E-state index contributed by atoms with van der Waals surface area (Å²) in [7, 11) is 0. The van der Waals surface area contributed by atoms with E-state index in [4.69, 9.17) is 11.1 Å². The third-order valence-electron chi connectivity index (χ3n) is 0.607. The van der Waals surface area contributed by atoms with Gasteiger partial charge in [-0.15, -0.1) is 0 Å². The second-order valence-electron chi connectivity index (χ2n) is 1.08. The Hall–Kier alpha value is -0.128. The number of nitrogens with one attached hydrogen (secondary N) is 1. The molecule has 1 aromatic rings.